The molecule has 15 heteroatoms. The van der Waals surface area contributed by atoms with E-state index < -0.39 is 48.5 Å². The Morgan fingerprint density at radius 2 is 1.66 bits per heavy atom. The molecule has 3 N–H and O–H groups in total. The molecule has 1 aliphatic rings. The van der Waals surface area contributed by atoms with E-state index in [2.05, 4.69) is 14.8 Å². The number of hydrogen-bond donors (Lipinski definition) is 2. The van der Waals surface area contributed by atoms with Crippen LogP contribution in [0.4, 0.5) is 13.2 Å². The number of nitrogens with one attached hydrogen (secondary N) is 1. The summed E-state index contributed by atoms with van der Waals surface area (Å²) in [6.07, 6.45) is -4.65. The van der Waals surface area contributed by atoms with Crippen molar-refractivity contribution >= 4 is 43.3 Å². The van der Waals surface area contributed by atoms with Gasteiger partial charge in [-0.1, -0.05) is 54.1 Å². The van der Waals surface area contributed by atoms with Gasteiger partial charge in [-0.3, -0.25) is 0 Å². The molecule has 218 valence electrons. The number of hydrogen-bond acceptors (Lipinski definition) is 6. The minimum Gasteiger partial charge on any atom is -0.248 e. The smallest absolute Gasteiger partial charge is 0.248 e. The molecule has 41 heavy (non-hydrogen) atoms. The Hall–Kier alpha value is -3.46. The number of nitrogens with two attached hydrogens (primary N) is 1. The van der Waals surface area contributed by atoms with Crippen LogP contribution in [0.15, 0.2) is 93.9 Å². The van der Waals surface area contributed by atoms with E-state index in [1.165, 1.54) is 11.9 Å². The van der Waals surface area contributed by atoms with Crippen LogP contribution in [0.2, 0.25) is 5.02 Å². The number of hydrazone groups is 1. The molecule has 9 nitrogen and oxygen atoms in total. The maximum Gasteiger partial charge on any atom is 0.416 e. The Kier molecular flexibility index (Phi) is 8.78. The highest BCUT2D eigenvalue weighted by Gasteiger charge is 2.34. The second-order valence-corrected chi connectivity index (χ2v) is 13.1. The monoisotopic (exact) mass is 627 g/mol. The standard InChI is InChI=1S/C26H25ClF3N5O4S2/c1-17(16-40(31,36)37)32-25(34-41(38,39)22-13-9-20(10-14-22)26(28,29)30)35-15-23(18-5-3-2-4-6-18)24(33-35)19-7-11-21(27)12-8-19/h2-14,17,23H,15-16H2,1H3,(H,32,34)(H2,31,36,37)/t17?,23-/m1/s1. The van der Waals surface area contributed by atoms with E-state index in [9.17, 15) is 30.0 Å². The van der Waals surface area contributed by atoms with Gasteiger partial charge in [0.05, 0.1) is 34.5 Å². The summed E-state index contributed by atoms with van der Waals surface area (Å²) in [6, 6.07) is 18.1. The van der Waals surface area contributed by atoms with Gasteiger partial charge in [-0.05, 0) is 54.4 Å². The molecule has 0 spiro atoms. The quantitative estimate of drug-likeness (QED) is 0.300. The Morgan fingerprint density at radius 1 is 1.05 bits per heavy atom. The average molecular weight is 628 g/mol. The van der Waals surface area contributed by atoms with Crippen molar-refractivity contribution < 1.29 is 30.0 Å². The third-order valence-corrected chi connectivity index (χ3v) is 8.58. The Morgan fingerprint density at radius 3 is 2.22 bits per heavy atom. The summed E-state index contributed by atoms with van der Waals surface area (Å²) in [4.78, 5) is 3.81. The molecule has 0 fully saturated rings. The summed E-state index contributed by atoms with van der Waals surface area (Å²) in [5, 5.41) is 11.6. The molecule has 4 rings (SSSR count). The van der Waals surface area contributed by atoms with Crippen LogP contribution in [0.5, 0.6) is 0 Å². The van der Waals surface area contributed by atoms with Crippen LogP contribution in [-0.4, -0.2) is 51.9 Å². The van der Waals surface area contributed by atoms with Gasteiger partial charge in [0.25, 0.3) is 10.0 Å². The number of aliphatic imine (C=N–C) groups is 1. The second kappa shape index (κ2) is 11.8. The van der Waals surface area contributed by atoms with E-state index in [1.807, 2.05) is 30.3 Å². The minimum atomic E-state index is -4.65. The van der Waals surface area contributed by atoms with Crippen molar-refractivity contribution in [3.8, 4) is 0 Å². The molecule has 3 aromatic rings. The SMILES string of the molecule is CC(CS(N)(=O)=O)N=C(NS(=O)(=O)c1ccc(C(F)(F)F)cc1)N1C[C@H](c2ccccc2)C(c2ccc(Cl)cc2)=N1. The molecule has 1 aliphatic heterocycles. The normalized spacial score (nSPS) is 17.3. The van der Waals surface area contributed by atoms with Crippen molar-refractivity contribution in [2.24, 2.45) is 15.2 Å². The highest BCUT2D eigenvalue weighted by molar-refractivity contribution is 7.90. The van der Waals surface area contributed by atoms with Crippen LogP contribution in [0, 0.1) is 0 Å². The van der Waals surface area contributed by atoms with Crippen molar-refractivity contribution in [3.63, 3.8) is 0 Å². The molecule has 0 aliphatic carbocycles. The molecule has 0 bridgehead atoms. The molecule has 0 saturated heterocycles. The van der Waals surface area contributed by atoms with Gasteiger partial charge >= 0.3 is 6.18 Å². The zero-order valence-electron chi connectivity index (χ0n) is 21.5. The highest BCUT2D eigenvalue weighted by Crippen LogP contribution is 2.31. The predicted molar refractivity (Wildman–Crippen MR) is 151 cm³/mol. The molecule has 0 radical (unpaired) electrons. The summed E-state index contributed by atoms with van der Waals surface area (Å²) < 4.78 is 91.2. The minimum absolute atomic E-state index is 0.110. The van der Waals surface area contributed by atoms with Crippen LogP contribution in [-0.2, 0) is 26.2 Å². The molecule has 3 aromatic carbocycles. The first-order chi connectivity index (χ1) is 19.1. The fourth-order valence-electron chi connectivity index (χ4n) is 4.19. The fourth-order valence-corrected chi connectivity index (χ4v) is 6.08. The zero-order chi connectivity index (χ0) is 30.0. The summed E-state index contributed by atoms with van der Waals surface area (Å²) in [5.74, 6) is -1.28. The van der Waals surface area contributed by atoms with Crippen LogP contribution in [0.25, 0.3) is 0 Å². The number of sulfonamides is 2. The maximum absolute atomic E-state index is 13.3. The van der Waals surface area contributed by atoms with Crippen LogP contribution in [0.1, 0.15) is 29.5 Å². The predicted octanol–water partition coefficient (Wildman–Crippen LogP) is 4.17. The van der Waals surface area contributed by atoms with E-state index in [0.29, 0.717) is 28.4 Å². The number of nitrogens with zero attached hydrogens (tertiary/aromatic N) is 3. The number of benzene rings is 3. The molecule has 1 heterocycles. The third-order valence-electron chi connectivity index (χ3n) is 6.03. The largest absolute Gasteiger partial charge is 0.416 e. The van der Waals surface area contributed by atoms with Crippen LogP contribution >= 0.6 is 11.6 Å². The lowest BCUT2D eigenvalue weighted by atomic mass is 9.91. The molecule has 2 atom stereocenters. The van der Waals surface area contributed by atoms with Gasteiger partial charge in [0, 0.05) is 10.9 Å². The van der Waals surface area contributed by atoms with Gasteiger partial charge in [0.2, 0.25) is 16.0 Å². The van der Waals surface area contributed by atoms with E-state index in [-0.39, 0.29) is 18.4 Å². The number of alkyl halides is 3. The molecular weight excluding hydrogens is 603 g/mol. The van der Waals surface area contributed by atoms with Gasteiger partial charge in [0.1, 0.15) is 0 Å². The van der Waals surface area contributed by atoms with Crippen LogP contribution < -0.4 is 9.86 Å². The van der Waals surface area contributed by atoms with Crippen molar-refractivity contribution in [1.29, 1.82) is 0 Å². The Labute approximate surface area is 240 Å². The van der Waals surface area contributed by atoms with Gasteiger partial charge in [-0.2, -0.15) is 18.3 Å². The van der Waals surface area contributed by atoms with E-state index in [1.54, 1.807) is 24.3 Å². The summed E-state index contributed by atoms with van der Waals surface area (Å²) in [7, 11) is -8.45. The van der Waals surface area contributed by atoms with Crippen molar-refractivity contribution in [2.75, 3.05) is 12.3 Å². The van der Waals surface area contributed by atoms with Gasteiger partial charge in [-0.15, -0.1) is 0 Å². The summed E-state index contributed by atoms with van der Waals surface area (Å²) in [5.41, 5.74) is 1.11. The van der Waals surface area contributed by atoms with E-state index in [4.69, 9.17) is 16.7 Å². The lowest BCUT2D eigenvalue weighted by Crippen LogP contribution is -2.42. The summed E-state index contributed by atoms with van der Waals surface area (Å²) >= 11 is 6.06. The zero-order valence-corrected chi connectivity index (χ0v) is 23.8. The molecule has 0 aromatic heterocycles. The Balaban J connectivity index is 1.76. The molecule has 1 unspecified atom stereocenters. The number of guanidine groups is 1. The highest BCUT2D eigenvalue weighted by atomic mass is 35.5. The number of primary sulfonamides is 1. The lowest BCUT2D eigenvalue weighted by molar-refractivity contribution is -0.137. The van der Waals surface area contributed by atoms with Crippen molar-refractivity contribution in [1.82, 2.24) is 9.73 Å². The fraction of sp³-hybridized carbons (Fsp3) is 0.231. The van der Waals surface area contributed by atoms with Gasteiger partial charge in [-0.25, -0.2) is 36.7 Å². The van der Waals surface area contributed by atoms with Crippen LogP contribution in [0.3, 0.4) is 0 Å². The lowest BCUT2D eigenvalue weighted by Gasteiger charge is -2.21. The Bertz CT molecular complexity index is 1660. The first-order valence-electron chi connectivity index (χ1n) is 12.1. The topological polar surface area (TPSA) is 134 Å². The molecule has 0 saturated carbocycles. The first kappa shape index (κ1) is 30.5. The van der Waals surface area contributed by atoms with Crippen molar-refractivity contribution in [2.45, 2.75) is 30.0 Å². The average Bonchev–Trinajstić information content (AvgIpc) is 3.33. The third kappa shape index (κ3) is 7.85. The van der Waals surface area contributed by atoms with E-state index >= 15 is 0 Å². The molecular formula is C26H25ClF3N5O4S2. The number of halogens is 4. The molecule has 0 amide bonds. The second-order valence-electron chi connectivity index (χ2n) is 9.30. The van der Waals surface area contributed by atoms with E-state index in [0.717, 1.165) is 17.7 Å². The maximum atomic E-state index is 13.3. The van der Waals surface area contributed by atoms with Gasteiger partial charge in [0.15, 0.2) is 0 Å². The summed E-state index contributed by atoms with van der Waals surface area (Å²) in [6.45, 7) is 1.53. The first-order valence-corrected chi connectivity index (χ1v) is 15.7. The number of rotatable bonds is 7. The van der Waals surface area contributed by atoms with Crippen molar-refractivity contribution in [3.05, 3.63) is 101 Å². The van der Waals surface area contributed by atoms with Gasteiger partial charge < -0.3 is 0 Å².